The van der Waals surface area contributed by atoms with Crippen LogP contribution in [0.4, 0.5) is 0 Å². The largest absolute Gasteiger partial charge is 0.497 e. The third kappa shape index (κ3) is 4.51. The van der Waals surface area contributed by atoms with Crippen LogP contribution in [0, 0.1) is 0 Å². The quantitative estimate of drug-likeness (QED) is 0.608. The maximum Gasteiger partial charge on any atom is 0.274 e. The summed E-state index contributed by atoms with van der Waals surface area (Å²) in [6.07, 6.45) is 4.37. The van der Waals surface area contributed by atoms with E-state index in [1.54, 1.807) is 13.2 Å². The fourth-order valence-electron chi connectivity index (χ4n) is 3.88. The minimum atomic E-state index is -0.0986. The molecule has 2 heterocycles. The van der Waals surface area contributed by atoms with Crippen LogP contribution in [-0.2, 0) is 12.8 Å². The van der Waals surface area contributed by atoms with Gasteiger partial charge >= 0.3 is 0 Å². The van der Waals surface area contributed by atoms with Crippen LogP contribution in [0.15, 0.2) is 70.6 Å². The average Bonchev–Trinajstić information content (AvgIpc) is 2.94. The Hall–Kier alpha value is -3.21. The number of nitrogens with zero attached hydrogens (tertiary/aromatic N) is 3. The number of methoxy groups -OCH3 is 1. The van der Waals surface area contributed by atoms with E-state index in [9.17, 15) is 4.79 Å². The van der Waals surface area contributed by atoms with E-state index in [4.69, 9.17) is 14.8 Å². The van der Waals surface area contributed by atoms with Crippen molar-refractivity contribution in [2.24, 2.45) is 5.10 Å². The van der Waals surface area contributed by atoms with Gasteiger partial charge in [0.1, 0.15) is 11.6 Å². The molecule has 5 heteroatoms. The Morgan fingerprint density at radius 2 is 1.90 bits per heavy atom. The summed E-state index contributed by atoms with van der Waals surface area (Å²) < 4.78 is 6.80. The number of hydrogen-bond acceptors (Lipinski definition) is 4. The van der Waals surface area contributed by atoms with Gasteiger partial charge < -0.3 is 4.74 Å². The molecule has 1 aliphatic rings. The molecule has 0 saturated heterocycles. The van der Waals surface area contributed by atoms with Gasteiger partial charge in [0.25, 0.3) is 5.56 Å². The summed E-state index contributed by atoms with van der Waals surface area (Å²) >= 11 is 0. The summed E-state index contributed by atoms with van der Waals surface area (Å²) in [6, 6.07) is 19.8. The van der Waals surface area contributed by atoms with E-state index in [0.29, 0.717) is 0 Å². The van der Waals surface area contributed by atoms with Crippen LogP contribution in [-0.4, -0.2) is 22.5 Å². The molecular formula is C25H27N3O2. The molecule has 1 atom stereocenters. The molecule has 0 spiro atoms. The van der Waals surface area contributed by atoms with E-state index >= 15 is 0 Å². The summed E-state index contributed by atoms with van der Waals surface area (Å²) in [4.78, 5) is 17.7. The van der Waals surface area contributed by atoms with E-state index in [0.717, 1.165) is 60.6 Å². The minimum Gasteiger partial charge on any atom is -0.497 e. The number of fused-ring (bicyclic) bond motifs is 1. The van der Waals surface area contributed by atoms with Crippen molar-refractivity contribution in [2.75, 3.05) is 7.11 Å². The molecule has 30 heavy (non-hydrogen) atoms. The van der Waals surface area contributed by atoms with E-state index in [1.165, 1.54) is 10.2 Å². The molecule has 1 aromatic heterocycles. The van der Waals surface area contributed by atoms with Crippen LogP contribution in [0.2, 0.25) is 0 Å². The molecule has 0 bridgehead atoms. The van der Waals surface area contributed by atoms with E-state index in [1.807, 2.05) is 42.5 Å². The highest BCUT2D eigenvalue weighted by molar-refractivity contribution is 6.00. The Morgan fingerprint density at radius 3 is 2.70 bits per heavy atom. The van der Waals surface area contributed by atoms with Crippen molar-refractivity contribution < 1.29 is 4.74 Å². The van der Waals surface area contributed by atoms with Crippen LogP contribution >= 0.6 is 0 Å². The van der Waals surface area contributed by atoms with Crippen molar-refractivity contribution in [2.45, 2.75) is 44.9 Å². The van der Waals surface area contributed by atoms with Crippen molar-refractivity contribution in [3.05, 3.63) is 93.7 Å². The van der Waals surface area contributed by atoms with Gasteiger partial charge in [-0.3, -0.25) is 4.79 Å². The first-order valence-electron chi connectivity index (χ1n) is 10.5. The number of ether oxygens (including phenoxy) is 1. The number of hydrogen-bond donors (Lipinski definition) is 0. The first-order valence-corrected chi connectivity index (χ1v) is 10.5. The fraction of sp³-hybridized carbons (Fsp3) is 0.320. The van der Waals surface area contributed by atoms with Gasteiger partial charge in [0.2, 0.25) is 0 Å². The second kappa shape index (κ2) is 9.08. The molecule has 0 amide bonds. The summed E-state index contributed by atoms with van der Waals surface area (Å²) in [6.45, 7) is 2.13. The zero-order chi connectivity index (χ0) is 20.9. The van der Waals surface area contributed by atoms with Crippen molar-refractivity contribution in [3.8, 4) is 5.75 Å². The molecule has 0 fully saturated rings. The molecule has 1 aliphatic heterocycles. The van der Waals surface area contributed by atoms with Gasteiger partial charge in [-0.1, -0.05) is 49.4 Å². The maximum absolute atomic E-state index is 12.9. The first-order chi connectivity index (χ1) is 14.6. The predicted octanol–water partition coefficient (Wildman–Crippen LogP) is 4.58. The minimum absolute atomic E-state index is 0.0986. The van der Waals surface area contributed by atoms with Crippen molar-refractivity contribution in [3.63, 3.8) is 0 Å². The maximum atomic E-state index is 12.9. The summed E-state index contributed by atoms with van der Waals surface area (Å²) in [7, 11) is 1.68. The molecular weight excluding hydrogens is 374 g/mol. The highest BCUT2D eigenvalue weighted by atomic mass is 16.5. The van der Waals surface area contributed by atoms with E-state index < -0.39 is 0 Å². The number of rotatable bonds is 6. The standard InChI is InChI=1S/C25H27N3O2/c1-18-14-15-23(20-10-4-3-5-11-20)27-28-24(29)17-21(26-25(18)28)12-6-8-19-9-7-13-22(16-19)30-2/h3-5,7,9-11,13,16-18H,6,8,12,14-15H2,1-2H3. The second-order valence-electron chi connectivity index (χ2n) is 7.81. The number of benzene rings is 2. The Morgan fingerprint density at radius 1 is 1.07 bits per heavy atom. The Balaban J connectivity index is 1.54. The molecule has 1 unspecified atom stereocenters. The molecule has 5 nitrogen and oxygen atoms in total. The fourth-order valence-corrected chi connectivity index (χ4v) is 3.88. The smallest absolute Gasteiger partial charge is 0.274 e. The summed E-state index contributed by atoms with van der Waals surface area (Å²) in [5.74, 6) is 1.82. The van der Waals surface area contributed by atoms with Gasteiger partial charge in [0.15, 0.2) is 0 Å². The van der Waals surface area contributed by atoms with Crippen LogP contribution < -0.4 is 10.3 Å². The zero-order valence-electron chi connectivity index (χ0n) is 17.5. The average molecular weight is 402 g/mol. The number of aromatic nitrogens is 2. The topological polar surface area (TPSA) is 56.5 Å². The third-order valence-corrected chi connectivity index (χ3v) is 5.59. The van der Waals surface area contributed by atoms with Crippen molar-refractivity contribution in [1.82, 2.24) is 9.66 Å². The lowest BCUT2D eigenvalue weighted by Gasteiger charge is -2.12. The Bertz CT molecular complexity index is 1100. The predicted molar refractivity (Wildman–Crippen MR) is 120 cm³/mol. The Kier molecular flexibility index (Phi) is 6.07. The lowest BCUT2D eigenvalue weighted by molar-refractivity contribution is 0.414. The highest BCUT2D eigenvalue weighted by Crippen LogP contribution is 2.24. The van der Waals surface area contributed by atoms with Crippen LogP contribution in [0.1, 0.15) is 54.7 Å². The number of aryl methyl sites for hydroxylation is 2. The molecule has 0 saturated carbocycles. The lowest BCUT2D eigenvalue weighted by Crippen LogP contribution is -2.23. The van der Waals surface area contributed by atoms with Crippen LogP contribution in [0.3, 0.4) is 0 Å². The normalized spacial score (nSPS) is 15.8. The lowest BCUT2D eigenvalue weighted by atomic mass is 9.99. The van der Waals surface area contributed by atoms with Crippen molar-refractivity contribution >= 4 is 5.71 Å². The molecule has 0 N–H and O–H groups in total. The third-order valence-electron chi connectivity index (χ3n) is 5.59. The van der Waals surface area contributed by atoms with Crippen LogP contribution in [0.25, 0.3) is 0 Å². The summed E-state index contributed by atoms with van der Waals surface area (Å²) in [5.41, 5.74) is 3.98. The van der Waals surface area contributed by atoms with Gasteiger partial charge in [-0.05, 0) is 55.4 Å². The molecule has 4 rings (SSSR count). The molecule has 3 aromatic rings. The van der Waals surface area contributed by atoms with Crippen LogP contribution in [0.5, 0.6) is 5.75 Å². The SMILES string of the molecule is COc1cccc(CCCc2cc(=O)n3c(n2)C(C)CCC(c2ccccc2)=N3)c1. The summed E-state index contributed by atoms with van der Waals surface area (Å²) in [5, 5.41) is 4.69. The van der Waals surface area contributed by atoms with Gasteiger partial charge in [-0.2, -0.15) is 9.78 Å². The molecule has 154 valence electrons. The van der Waals surface area contributed by atoms with E-state index in [2.05, 4.69) is 19.1 Å². The van der Waals surface area contributed by atoms with Gasteiger partial charge in [0.05, 0.1) is 12.8 Å². The molecule has 0 aliphatic carbocycles. The van der Waals surface area contributed by atoms with Gasteiger partial charge in [0, 0.05) is 17.7 Å². The van der Waals surface area contributed by atoms with E-state index in [-0.39, 0.29) is 11.5 Å². The van der Waals surface area contributed by atoms with Gasteiger partial charge in [-0.15, -0.1) is 0 Å². The highest BCUT2D eigenvalue weighted by Gasteiger charge is 2.20. The van der Waals surface area contributed by atoms with Gasteiger partial charge in [-0.25, -0.2) is 4.98 Å². The second-order valence-corrected chi connectivity index (χ2v) is 7.81. The first kappa shape index (κ1) is 20.1. The Labute approximate surface area is 177 Å². The molecule has 2 aromatic carbocycles. The monoisotopic (exact) mass is 401 g/mol. The molecule has 0 radical (unpaired) electrons. The zero-order valence-corrected chi connectivity index (χ0v) is 17.5. The van der Waals surface area contributed by atoms with Crippen molar-refractivity contribution in [1.29, 1.82) is 0 Å².